The topological polar surface area (TPSA) is 38.3 Å². The molecule has 1 unspecified atom stereocenters. The van der Waals surface area contributed by atoms with Gasteiger partial charge in [-0.2, -0.15) is 0 Å². The van der Waals surface area contributed by atoms with Crippen molar-refractivity contribution in [1.82, 2.24) is 5.32 Å². The van der Waals surface area contributed by atoms with E-state index in [9.17, 15) is 4.79 Å². The molecule has 0 spiro atoms. The first kappa shape index (κ1) is 11.7. The Kier molecular flexibility index (Phi) is 4.84. The molecule has 1 atom stereocenters. The van der Waals surface area contributed by atoms with Gasteiger partial charge < -0.3 is 10.1 Å². The van der Waals surface area contributed by atoms with Crippen LogP contribution in [-0.2, 0) is 16.1 Å². The fourth-order valence-corrected chi connectivity index (χ4v) is 1.26. The summed E-state index contributed by atoms with van der Waals surface area (Å²) >= 11 is 0. The summed E-state index contributed by atoms with van der Waals surface area (Å²) in [5, 5.41) is 2.95. The summed E-state index contributed by atoms with van der Waals surface area (Å²) in [5.74, 6) is -0.257. The molecule has 0 heterocycles. The van der Waals surface area contributed by atoms with Crippen LogP contribution in [0.25, 0.3) is 0 Å². The molecule has 0 saturated heterocycles. The predicted octanol–water partition coefficient (Wildman–Crippen LogP) is 1.59. The second-order valence-corrected chi connectivity index (χ2v) is 3.55. The molecule has 82 valence electrons. The van der Waals surface area contributed by atoms with Gasteiger partial charge in [-0.3, -0.25) is 4.79 Å². The summed E-state index contributed by atoms with van der Waals surface area (Å²) in [6, 6.07) is 9.68. The average molecular weight is 207 g/mol. The number of hydrogen-bond acceptors (Lipinski definition) is 3. The molecule has 15 heavy (non-hydrogen) atoms. The number of ether oxygens (including phenoxy) is 1. The van der Waals surface area contributed by atoms with Gasteiger partial charge in [-0.1, -0.05) is 37.3 Å². The lowest BCUT2D eigenvalue weighted by atomic mass is 10.2. The Bertz CT molecular complexity index is 298. The molecular weight excluding hydrogens is 190 g/mol. The molecule has 1 aromatic rings. The van der Waals surface area contributed by atoms with Crippen molar-refractivity contribution in [2.75, 3.05) is 13.6 Å². The van der Waals surface area contributed by atoms with E-state index in [2.05, 4.69) is 5.32 Å². The minimum absolute atomic E-state index is 0.0984. The lowest BCUT2D eigenvalue weighted by Crippen LogP contribution is -2.25. The summed E-state index contributed by atoms with van der Waals surface area (Å²) in [6.45, 7) is 2.85. The molecule has 0 radical (unpaired) electrons. The first-order valence-corrected chi connectivity index (χ1v) is 5.09. The fraction of sp³-hybridized carbons (Fsp3) is 0.417. The van der Waals surface area contributed by atoms with Gasteiger partial charge in [0.15, 0.2) is 0 Å². The van der Waals surface area contributed by atoms with Crippen molar-refractivity contribution in [3.8, 4) is 0 Å². The molecule has 0 aromatic heterocycles. The van der Waals surface area contributed by atoms with Crippen LogP contribution in [0.1, 0.15) is 12.5 Å². The van der Waals surface area contributed by atoms with Crippen molar-refractivity contribution in [2.45, 2.75) is 13.5 Å². The number of rotatable bonds is 5. The van der Waals surface area contributed by atoms with Gasteiger partial charge in [0, 0.05) is 6.54 Å². The van der Waals surface area contributed by atoms with E-state index < -0.39 is 0 Å². The summed E-state index contributed by atoms with van der Waals surface area (Å²) < 4.78 is 5.16. The molecule has 0 aliphatic rings. The molecule has 0 aliphatic heterocycles. The zero-order valence-electron chi connectivity index (χ0n) is 9.19. The van der Waals surface area contributed by atoms with Gasteiger partial charge in [0.2, 0.25) is 0 Å². The number of carbonyl (C=O) groups is 1. The Labute approximate surface area is 90.4 Å². The van der Waals surface area contributed by atoms with E-state index in [1.54, 1.807) is 0 Å². The number of benzene rings is 1. The fourth-order valence-electron chi connectivity index (χ4n) is 1.26. The highest BCUT2D eigenvalue weighted by atomic mass is 16.5. The van der Waals surface area contributed by atoms with Crippen LogP contribution in [0.3, 0.4) is 0 Å². The largest absolute Gasteiger partial charge is 0.461 e. The minimum Gasteiger partial charge on any atom is -0.461 e. The van der Waals surface area contributed by atoms with E-state index in [1.165, 1.54) is 0 Å². The zero-order chi connectivity index (χ0) is 11.1. The summed E-state index contributed by atoms with van der Waals surface area (Å²) in [4.78, 5) is 11.4. The number of nitrogens with one attached hydrogen (secondary N) is 1. The second-order valence-electron chi connectivity index (χ2n) is 3.55. The van der Waals surface area contributed by atoms with E-state index in [1.807, 2.05) is 44.3 Å². The van der Waals surface area contributed by atoms with Crippen LogP contribution >= 0.6 is 0 Å². The maximum atomic E-state index is 11.4. The van der Waals surface area contributed by atoms with Crippen molar-refractivity contribution in [3.63, 3.8) is 0 Å². The number of carbonyl (C=O) groups excluding carboxylic acids is 1. The normalized spacial score (nSPS) is 12.1. The number of hydrogen-bond donors (Lipinski definition) is 1. The van der Waals surface area contributed by atoms with Crippen molar-refractivity contribution in [3.05, 3.63) is 35.9 Å². The summed E-state index contributed by atoms with van der Waals surface area (Å²) in [7, 11) is 1.82. The van der Waals surface area contributed by atoms with Crippen LogP contribution < -0.4 is 5.32 Å². The van der Waals surface area contributed by atoms with Crippen LogP contribution in [0.4, 0.5) is 0 Å². The van der Waals surface area contributed by atoms with Crippen molar-refractivity contribution in [1.29, 1.82) is 0 Å². The highest BCUT2D eigenvalue weighted by Crippen LogP contribution is 2.03. The molecule has 3 heteroatoms. The number of esters is 1. The Morgan fingerprint density at radius 2 is 2.07 bits per heavy atom. The Balaban J connectivity index is 2.34. The zero-order valence-corrected chi connectivity index (χ0v) is 9.19. The molecule has 1 aromatic carbocycles. The standard InChI is InChI=1S/C12H17NO2/c1-10(8-13-2)12(14)15-9-11-6-4-3-5-7-11/h3-7,10,13H,8-9H2,1-2H3. The molecular formula is C12H17NO2. The molecule has 0 saturated carbocycles. The lowest BCUT2D eigenvalue weighted by Gasteiger charge is -2.10. The van der Waals surface area contributed by atoms with Crippen LogP contribution in [0.2, 0.25) is 0 Å². The first-order valence-electron chi connectivity index (χ1n) is 5.09. The van der Waals surface area contributed by atoms with Gasteiger partial charge >= 0.3 is 5.97 Å². The molecule has 0 amide bonds. The third kappa shape index (κ3) is 4.13. The van der Waals surface area contributed by atoms with Crippen molar-refractivity contribution < 1.29 is 9.53 Å². The second kappa shape index (κ2) is 6.19. The maximum Gasteiger partial charge on any atom is 0.310 e. The van der Waals surface area contributed by atoms with Crippen LogP contribution in [-0.4, -0.2) is 19.6 Å². The monoisotopic (exact) mass is 207 g/mol. The van der Waals surface area contributed by atoms with E-state index >= 15 is 0 Å². The Morgan fingerprint density at radius 1 is 1.40 bits per heavy atom. The lowest BCUT2D eigenvalue weighted by molar-refractivity contribution is -0.149. The highest BCUT2D eigenvalue weighted by molar-refractivity contribution is 5.72. The predicted molar refractivity (Wildman–Crippen MR) is 59.3 cm³/mol. The van der Waals surface area contributed by atoms with Gasteiger partial charge in [0.05, 0.1) is 5.92 Å². The van der Waals surface area contributed by atoms with Gasteiger partial charge in [0.25, 0.3) is 0 Å². The van der Waals surface area contributed by atoms with Crippen LogP contribution in [0, 0.1) is 5.92 Å². The third-order valence-corrected chi connectivity index (χ3v) is 2.14. The van der Waals surface area contributed by atoms with Crippen LogP contribution in [0.5, 0.6) is 0 Å². The Hall–Kier alpha value is -1.35. The van der Waals surface area contributed by atoms with E-state index in [0.29, 0.717) is 13.2 Å². The summed E-state index contributed by atoms with van der Waals surface area (Å²) in [5.41, 5.74) is 1.02. The molecule has 0 aliphatic carbocycles. The maximum absolute atomic E-state index is 11.4. The smallest absolute Gasteiger partial charge is 0.310 e. The minimum atomic E-state index is -0.159. The quantitative estimate of drug-likeness (QED) is 0.745. The average Bonchev–Trinajstić information content (AvgIpc) is 2.27. The molecule has 1 N–H and O–H groups in total. The molecule has 0 fully saturated rings. The molecule has 0 bridgehead atoms. The third-order valence-electron chi connectivity index (χ3n) is 2.14. The molecule has 1 rings (SSSR count). The van der Waals surface area contributed by atoms with Gasteiger partial charge in [-0.15, -0.1) is 0 Å². The van der Waals surface area contributed by atoms with E-state index in [4.69, 9.17) is 4.74 Å². The van der Waals surface area contributed by atoms with Gasteiger partial charge in [0.1, 0.15) is 6.61 Å². The van der Waals surface area contributed by atoms with Crippen LogP contribution in [0.15, 0.2) is 30.3 Å². The highest BCUT2D eigenvalue weighted by Gasteiger charge is 2.12. The van der Waals surface area contributed by atoms with E-state index in [0.717, 1.165) is 5.56 Å². The van der Waals surface area contributed by atoms with Crippen molar-refractivity contribution in [2.24, 2.45) is 5.92 Å². The first-order chi connectivity index (χ1) is 7.24. The van der Waals surface area contributed by atoms with Gasteiger partial charge in [-0.25, -0.2) is 0 Å². The SMILES string of the molecule is CNCC(C)C(=O)OCc1ccccc1. The van der Waals surface area contributed by atoms with Gasteiger partial charge in [-0.05, 0) is 12.6 Å². The van der Waals surface area contributed by atoms with Crippen molar-refractivity contribution >= 4 is 5.97 Å². The summed E-state index contributed by atoms with van der Waals surface area (Å²) in [6.07, 6.45) is 0. The Morgan fingerprint density at radius 3 is 2.67 bits per heavy atom. The van der Waals surface area contributed by atoms with E-state index in [-0.39, 0.29) is 11.9 Å². The molecule has 3 nitrogen and oxygen atoms in total.